The lowest BCUT2D eigenvalue weighted by molar-refractivity contribution is 0.402. The molecule has 6 rings (SSSR count). The van der Waals surface area contributed by atoms with Crippen molar-refractivity contribution in [2.45, 2.75) is 6.54 Å². The maximum absolute atomic E-state index is 4.61. The molecule has 0 amide bonds. The van der Waals surface area contributed by atoms with Gasteiger partial charge >= 0.3 is 0 Å². The molecule has 0 unspecified atom stereocenters. The number of nitrogens with zero attached hydrogens (tertiary/aromatic N) is 5. The molecule has 0 saturated heterocycles. The largest absolute Gasteiger partial charge is 0.353 e. The molecule has 0 radical (unpaired) electrons. The fourth-order valence-corrected chi connectivity index (χ4v) is 4.40. The second kappa shape index (κ2) is 8.20. The van der Waals surface area contributed by atoms with Crippen molar-refractivity contribution in [2.75, 3.05) is 14.1 Å². The van der Waals surface area contributed by atoms with Crippen LogP contribution in [0.3, 0.4) is 0 Å². The first-order chi connectivity index (χ1) is 16.7. The highest BCUT2D eigenvalue weighted by atomic mass is 15.2. The number of aromatic amines is 2. The van der Waals surface area contributed by atoms with Crippen molar-refractivity contribution in [1.82, 2.24) is 35.0 Å². The number of nitrogens with one attached hydrogen (secondary N) is 2. The van der Waals surface area contributed by atoms with Crippen molar-refractivity contribution >= 4 is 21.9 Å². The Morgan fingerprint density at radius 1 is 0.853 bits per heavy atom. The van der Waals surface area contributed by atoms with E-state index in [-0.39, 0.29) is 0 Å². The summed E-state index contributed by atoms with van der Waals surface area (Å²) in [5, 5.41) is 9.71. The Balaban J connectivity index is 1.45. The first-order valence-corrected chi connectivity index (χ1v) is 11.1. The topological polar surface area (TPSA) is 86.4 Å². The van der Waals surface area contributed by atoms with Crippen molar-refractivity contribution in [3.8, 4) is 33.8 Å². The maximum Gasteiger partial charge on any atom is 0.181 e. The second-order valence-corrected chi connectivity index (χ2v) is 8.68. The molecule has 0 bridgehead atoms. The van der Waals surface area contributed by atoms with Gasteiger partial charge in [0.05, 0.1) is 17.1 Å². The lowest BCUT2D eigenvalue weighted by Crippen LogP contribution is -2.10. The third-order valence-corrected chi connectivity index (χ3v) is 5.91. The zero-order valence-corrected chi connectivity index (χ0v) is 18.9. The highest BCUT2D eigenvalue weighted by molar-refractivity contribution is 6.00. The van der Waals surface area contributed by atoms with Gasteiger partial charge in [-0.3, -0.25) is 15.1 Å². The van der Waals surface area contributed by atoms with Crippen LogP contribution in [0.4, 0.5) is 0 Å². The van der Waals surface area contributed by atoms with Gasteiger partial charge in [0.25, 0.3) is 0 Å². The van der Waals surface area contributed by atoms with E-state index in [1.807, 2.05) is 49.1 Å². The van der Waals surface area contributed by atoms with Gasteiger partial charge in [-0.25, -0.2) is 4.98 Å². The molecule has 0 aliphatic rings. The van der Waals surface area contributed by atoms with Crippen LogP contribution < -0.4 is 0 Å². The van der Waals surface area contributed by atoms with E-state index in [1.165, 1.54) is 0 Å². The normalized spacial score (nSPS) is 11.6. The molecule has 0 fully saturated rings. The van der Waals surface area contributed by atoms with E-state index in [2.05, 4.69) is 79.5 Å². The van der Waals surface area contributed by atoms with Crippen molar-refractivity contribution in [2.24, 2.45) is 0 Å². The standard InChI is InChI=1S/C27H23N7/c1-34(2)16-17-10-18(14-28-13-17)19-11-22-26(32-33-27(22)30-15-19)25-12-21-20(6-5-8-24(21)31-25)23-7-3-4-9-29-23/h3-15,31H,16H2,1-2H3,(H,30,32,33). The minimum atomic E-state index is 0.680. The van der Waals surface area contributed by atoms with Gasteiger partial charge in [-0.2, -0.15) is 5.10 Å². The molecule has 34 heavy (non-hydrogen) atoms. The summed E-state index contributed by atoms with van der Waals surface area (Å²) in [6, 6.07) is 18.6. The Labute approximate surface area is 196 Å². The Morgan fingerprint density at radius 2 is 1.76 bits per heavy atom. The van der Waals surface area contributed by atoms with Crippen LogP contribution in [0.2, 0.25) is 0 Å². The molecular weight excluding hydrogens is 422 g/mol. The molecule has 166 valence electrons. The van der Waals surface area contributed by atoms with Crippen LogP contribution in [-0.2, 0) is 6.54 Å². The summed E-state index contributed by atoms with van der Waals surface area (Å²) in [5.74, 6) is 0. The summed E-state index contributed by atoms with van der Waals surface area (Å²) < 4.78 is 0. The van der Waals surface area contributed by atoms with Crippen molar-refractivity contribution in [3.63, 3.8) is 0 Å². The van der Waals surface area contributed by atoms with Gasteiger partial charge in [0.2, 0.25) is 0 Å². The molecule has 7 heteroatoms. The Bertz CT molecular complexity index is 1610. The smallest absolute Gasteiger partial charge is 0.181 e. The predicted molar refractivity (Wildman–Crippen MR) is 135 cm³/mol. The summed E-state index contributed by atoms with van der Waals surface area (Å²) in [6.07, 6.45) is 7.46. The van der Waals surface area contributed by atoms with Gasteiger partial charge in [0.1, 0.15) is 0 Å². The molecule has 0 atom stereocenters. The van der Waals surface area contributed by atoms with Crippen molar-refractivity contribution < 1.29 is 0 Å². The molecule has 2 N–H and O–H groups in total. The van der Waals surface area contributed by atoms with Gasteiger partial charge in [0.15, 0.2) is 5.65 Å². The van der Waals surface area contributed by atoms with Crippen molar-refractivity contribution in [3.05, 3.63) is 84.9 Å². The zero-order valence-electron chi connectivity index (χ0n) is 18.9. The average Bonchev–Trinajstić information content (AvgIpc) is 3.48. The van der Waals surface area contributed by atoms with Gasteiger partial charge in [-0.15, -0.1) is 0 Å². The molecule has 1 aromatic carbocycles. The number of benzene rings is 1. The Hall–Kier alpha value is -4.36. The van der Waals surface area contributed by atoms with Crippen LogP contribution in [-0.4, -0.2) is 49.1 Å². The van der Waals surface area contributed by atoms with Crippen LogP contribution in [0.1, 0.15) is 5.56 Å². The van der Waals surface area contributed by atoms with Gasteiger partial charge in [-0.05, 0) is 56.1 Å². The molecule has 0 aliphatic heterocycles. The van der Waals surface area contributed by atoms with Crippen LogP contribution in [0.25, 0.3) is 55.7 Å². The average molecular weight is 446 g/mol. The molecule has 7 nitrogen and oxygen atoms in total. The fraction of sp³-hybridized carbons (Fsp3) is 0.111. The van der Waals surface area contributed by atoms with Gasteiger partial charge < -0.3 is 9.88 Å². The Morgan fingerprint density at radius 3 is 2.62 bits per heavy atom. The van der Waals surface area contributed by atoms with E-state index in [4.69, 9.17) is 0 Å². The van der Waals surface area contributed by atoms with E-state index in [9.17, 15) is 0 Å². The van der Waals surface area contributed by atoms with Crippen LogP contribution in [0.5, 0.6) is 0 Å². The van der Waals surface area contributed by atoms with Gasteiger partial charge in [-0.1, -0.05) is 18.2 Å². The van der Waals surface area contributed by atoms with Gasteiger partial charge in [0, 0.05) is 64.3 Å². The number of fused-ring (bicyclic) bond motifs is 2. The van der Waals surface area contributed by atoms with Crippen LogP contribution in [0.15, 0.2) is 79.4 Å². The minimum Gasteiger partial charge on any atom is -0.353 e. The number of hydrogen-bond donors (Lipinski definition) is 2. The SMILES string of the molecule is CN(C)Cc1cncc(-c2cnc3n[nH]c(-c4cc5c(-c6ccccn6)cccc5[nH]4)c3c2)c1. The fourth-order valence-electron chi connectivity index (χ4n) is 4.40. The Kier molecular flexibility index (Phi) is 4.89. The molecule has 5 heterocycles. The number of H-pyrrole nitrogens is 2. The summed E-state index contributed by atoms with van der Waals surface area (Å²) in [6.45, 7) is 0.834. The predicted octanol–water partition coefficient (Wildman–Crippen LogP) is 5.29. The first kappa shape index (κ1) is 20.3. The maximum atomic E-state index is 4.61. The zero-order chi connectivity index (χ0) is 23.1. The molecule has 6 aromatic rings. The quantitative estimate of drug-likeness (QED) is 0.376. The third kappa shape index (κ3) is 3.62. The van der Waals surface area contributed by atoms with Crippen LogP contribution in [0, 0.1) is 0 Å². The highest BCUT2D eigenvalue weighted by Gasteiger charge is 2.15. The van der Waals surface area contributed by atoms with E-state index in [0.29, 0.717) is 5.65 Å². The summed E-state index contributed by atoms with van der Waals surface area (Å²) in [5.41, 5.74) is 8.83. The number of hydrogen-bond acceptors (Lipinski definition) is 5. The number of aromatic nitrogens is 6. The van der Waals surface area contributed by atoms with E-state index in [1.54, 1.807) is 0 Å². The monoisotopic (exact) mass is 445 g/mol. The molecule has 0 aliphatic carbocycles. The molecule has 5 aromatic heterocycles. The van der Waals surface area contributed by atoms with Crippen molar-refractivity contribution in [1.29, 1.82) is 0 Å². The van der Waals surface area contributed by atoms with E-state index < -0.39 is 0 Å². The first-order valence-electron chi connectivity index (χ1n) is 11.1. The molecule has 0 spiro atoms. The summed E-state index contributed by atoms with van der Waals surface area (Å²) in [7, 11) is 4.11. The minimum absolute atomic E-state index is 0.680. The molecule has 0 saturated carbocycles. The number of rotatable bonds is 5. The van der Waals surface area contributed by atoms with E-state index in [0.717, 1.165) is 62.2 Å². The lowest BCUT2D eigenvalue weighted by Gasteiger charge is -2.10. The number of pyridine rings is 3. The summed E-state index contributed by atoms with van der Waals surface area (Å²) >= 11 is 0. The second-order valence-electron chi connectivity index (χ2n) is 8.68. The third-order valence-electron chi connectivity index (χ3n) is 5.91. The lowest BCUT2D eigenvalue weighted by atomic mass is 10.0. The summed E-state index contributed by atoms with van der Waals surface area (Å²) in [4.78, 5) is 19.3. The molecular formula is C27H23N7. The highest BCUT2D eigenvalue weighted by Crippen LogP contribution is 2.34. The van der Waals surface area contributed by atoms with Crippen LogP contribution >= 0.6 is 0 Å². The van der Waals surface area contributed by atoms with E-state index >= 15 is 0 Å².